The Labute approximate surface area is 205 Å². The predicted octanol–water partition coefficient (Wildman–Crippen LogP) is 3.08. The van der Waals surface area contributed by atoms with Crippen LogP contribution in [0.15, 0.2) is 53.4 Å². The number of sulfonamides is 1. The minimum absolute atomic E-state index is 0.0239. The predicted molar refractivity (Wildman–Crippen MR) is 128 cm³/mol. The van der Waals surface area contributed by atoms with Crippen LogP contribution in [0.1, 0.15) is 56.5 Å². The maximum atomic E-state index is 13.4. The summed E-state index contributed by atoms with van der Waals surface area (Å²) in [6, 6.07) is 10.6. The second kappa shape index (κ2) is 10.2. The lowest BCUT2D eigenvalue weighted by molar-refractivity contribution is -0.142. The van der Waals surface area contributed by atoms with Gasteiger partial charge < -0.3 is 10.2 Å². The molecule has 0 radical (unpaired) electrons. The molecule has 0 spiro atoms. The Morgan fingerprint density at radius 1 is 1.09 bits per heavy atom. The van der Waals surface area contributed by atoms with Crippen LogP contribution in [-0.4, -0.2) is 53.5 Å². The van der Waals surface area contributed by atoms with E-state index in [0.717, 1.165) is 0 Å². The molecule has 8 nitrogen and oxygen atoms in total. The summed E-state index contributed by atoms with van der Waals surface area (Å²) in [5, 5.41) is 2.88. The molecule has 35 heavy (non-hydrogen) atoms. The third-order valence-corrected chi connectivity index (χ3v) is 7.43. The van der Waals surface area contributed by atoms with Gasteiger partial charge in [0.15, 0.2) is 0 Å². The van der Waals surface area contributed by atoms with Crippen LogP contribution in [0.2, 0.25) is 0 Å². The van der Waals surface area contributed by atoms with E-state index in [4.69, 9.17) is 0 Å². The first-order valence-electron chi connectivity index (χ1n) is 11.4. The standard InChI is InChI=1S/C25H30FN3O5S/c1-5-20(23(31)27-25(2,3)4)28(16-17-10-12-18(26)13-11-17)22(30)14-15-29-24(32)19-8-6-7-9-21(19)35(29,33)34/h6-13,20H,5,14-16H2,1-4H3,(H,27,31)/t20-/m1/s1. The normalized spacial score (nSPS) is 15.5. The van der Waals surface area contributed by atoms with Gasteiger partial charge in [0.2, 0.25) is 11.8 Å². The Kier molecular flexibility index (Phi) is 7.64. The zero-order chi connectivity index (χ0) is 26.0. The van der Waals surface area contributed by atoms with Crippen LogP contribution >= 0.6 is 0 Å². The lowest BCUT2D eigenvalue weighted by atomic mass is 10.1. The van der Waals surface area contributed by atoms with Crippen LogP contribution < -0.4 is 5.32 Å². The summed E-state index contributed by atoms with van der Waals surface area (Å²) in [5.41, 5.74) is 0.148. The molecule has 0 unspecified atom stereocenters. The van der Waals surface area contributed by atoms with E-state index in [-0.39, 0.29) is 35.9 Å². The molecule has 1 atom stereocenters. The number of hydrogen-bond donors (Lipinski definition) is 1. The average molecular weight is 504 g/mol. The van der Waals surface area contributed by atoms with Crippen molar-refractivity contribution in [1.29, 1.82) is 0 Å². The molecule has 0 saturated heterocycles. The molecule has 0 saturated carbocycles. The number of carbonyl (C=O) groups is 3. The molecule has 0 aliphatic carbocycles. The quantitative estimate of drug-likeness (QED) is 0.596. The Bertz CT molecular complexity index is 1220. The van der Waals surface area contributed by atoms with E-state index < -0.39 is 39.2 Å². The molecular formula is C25H30FN3O5S. The van der Waals surface area contributed by atoms with Gasteiger partial charge in [-0.2, -0.15) is 0 Å². The molecule has 10 heteroatoms. The van der Waals surface area contributed by atoms with E-state index in [1.165, 1.54) is 47.4 Å². The number of hydrogen-bond acceptors (Lipinski definition) is 5. The van der Waals surface area contributed by atoms with Gasteiger partial charge in [0.1, 0.15) is 16.8 Å². The van der Waals surface area contributed by atoms with Gasteiger partial charge in [-0.25, -0.2) is 17.1 Å². The minimum atomic E-state index is -4.05. The highest BCUT2D eigenvalue weighted by molar-refractivity contribution is 7.90. The molecule has 2 aromatic rings. The van der Waals surface area contributed by atoms with Gasteiger partial charge in [0, 0.05) is 25.0 Å². The van der Waals surface area contributed by atoms with Crippen molar-refractivity contribution in [2.24, 2.45) is 0 Å². The smallest absolute Gasteiger partial charge is 0.269 e. The van der Waals surface area contributed by atoms with Crippen molar-refractivity contribution in [3.8, 4) is 0 Å². The number of rotatable bonds is 8. The van der Waals surface area contributed by atoms with Gasteiger partial charge in [0.25, 0.3) is 15.9 Å². The number of amides is 3. The van der Waals surface area contributed by atoms with E-state index in [1.54, 1.807) is 13.0 Å². The molecule has 0 aromatic heterocycles. The van der Waals surface area contributed by atoms with Crippen LogP contribution in [-0.2, 0) is 26.2 Å². The van der Waals surface area contributed by atoms with Gasteiger partial charge in [-0.15, -0.1) is 0 Å². The van der Waals surface area contributed by atoms with Gasteiger partial charge >= 0.3 is 0 Å². The third-order valence-electron chi connectivity index (χ3n) is 5.59. The molecule has 2 aromatic carbocycles. The lowest BCUT2D eigenvalue weighted by Crippen LogP contribution is -2.53. The first-order chi connectivity index (χ1) is 16.3. The summed E-state index contributed by atoms with van der Waals surface area (Å²) in [4.78, 5) is 40.4. The van der Waals surface area contributed by atoms with E-state index in [2.05, 4.69) is 5.32 Å². The SMILES string of the molecule is CC[C@H](C(=O)NC(C)(C)C)N(Cc1ccc(F)cc1)C(=O)CCN1C(=O)c2ccccc2S1(=O)=O. The summed E-state index contributed by atoms with van der Waals surface area (Å²) in [7, 11) is -4.05. The molecular weight excluding hydrogens is 473 g/mol. The number of benzene rings is 2. The van der Waals surface area contributed by atoms with Crippen molar-refractivity contribution in [3.63, 3.8) is 0 Å². The summed E-state index contributed by atoms with van der Waals surface area (Å²) >= 11 is 0. The van der Waals surface area contributed by atoms with Crippen molar-refractivity contribution in [2.75, 3.05) is 6.54 Å². The highest BCUT2D eigenvalue weighted by atomic mass is 32.2. The fourth-order valence-corrected chi connectivity index (χ4v) is 5.52. The maximum Gasteiger partial charge on any atom is 0.269 e. The third kappa shape index (κ3) is 5.87. The first kappa shape index (κ1) is 26.3. The molecule has 1 aliphatic rings. The fourth-order valence-electron chi connectivity index (χ4n) is 3.95. The summed E-state index contributed by atoms with van der Waals surface area (Å²) in [6.07, 6.45) is 0.000678. The molecule has 1 N–H and O–H groups in total. The molecule has 3 rings (SSSR count). The molecule has 188 valence electrons. The molecule has 1 aliphatic heterocycles. The van der Waals surface area contributed by atoms with Crippen LogP contribution in [0.4, 0.5) is 4.39 Å². The largest absolute Gasteiger partial charge is 0.350 e. The van der Waals surface area contributed by atoms with Crippen LogP contribution in [0.3, 0.4) is 0 Å². The highest BCUT2D eigenvalue weighted by Gasteiger charge is 2.41. The van der Waals surface area contributed by atoms with Crippen molar-refractivity contribution < 1.29 is 27.2 Å². The van der Waals surface area contributed by atoms with E-state index >= 15 is 0 Å². The van der Waals surface area contributed by atoms with Crippen molar-refractivity contribution in [2.45, 2.75) is 63.6 Å². The van der Waals surface area contributed by atoms with E-state index in [9.17, 15) is 27.2 Å². The second-order valence-corrected chi connectivity index (χ2v) is 11.3. The topological polar surface area (TPSA) is 104 Å². The van der Waals surface area contributed by atoms with Crippen molar-refractivity contribution in [3.05, 3.63) is 65.5 Å². The zero-order valence-corrected chi connectivity index (χ0v) is 21.1. The highest BCUT2D eigenvalue weighted by Crippen LogP contribution is 2.30. The van der Waals surface area contributed by atoms with Gasteiger partial charge in [-0.1, -0.05) is 31.2 Å². The number of nitrogens with one attached hydrogen (secondary N) is 1. The number of nitrogens with zero attached hydrogens (tertiary/aromatic N) is 2. The molecule has 0 bridgehead atoms. The summed E-state index contributed by atoms with van der Waals surface area (Å²) in [6.45, 7) is 6.91. The Balaban J connectivity index is 1.84. The monoisotopic (exact) mass is 503 g/mol. The Morgan fingerprint density at radius 2 is 1.71 bits per heavy atom. The van der Waals surface area contributed by atoms with Crippen molar-refractivity contribution >= 4 is 27.7 Å². The van der Waals surface area contributed by atoms with Crippen LogP contribution in [0.5, 0.6) is 0 Å². The van der Waals surface area contributed by atoms with E-state index in [0.29, 0.717) is 16.3 Å². The first-order valence-corrected chi connectivity index (χ1v) is 12.8. The number of carbonyl (C=O) groups excluding carboxylic acids is 3. The molecule has 1 heterocycles. The lowest BCUT2D eigenvalue weighted by Gasteiger charge is -2.33. The maximum absolute atomic E-state index is 13.4. The number of halogens is 1. The van der Waals surface area contributed by atoms with Crippen molar-refractivity contribution in [1.82, 2.24) is 14.5 Å². The summed E-state index contributed by atoms with van der Waals surface area (Å²) in [5.74, 6) is -1.96. The fraction of sp³-hybridized carbons (Fsp3) is 0.400. The van der Waals surface area contributed by atoms with Gasteiger partial charge in [-0.3, -0.25) is 14.4 Å². The average Bonchev–Trinajstić information content (AvgIpc) is 2.97. The van der Waals surface area contributed by atoms with E-state index in [1.807, 2.05) is 20.8 Å². The zero-order valence-electron chi connectivity index (χ0n) is 20.2. The Hall–Kier alpha value is -3.27. The number of fused-ring (bicyclic) bond motifs is 1. The van der Waals surface area contributed by atoms with Gasteiger partial charge in [-0.05, 0) is 57.0 Å². The Morgan fingerprint density at radius 3 is 2.29 bits per heavy atom. The molecule has 0 fully saturated rings. The second-order valence-electron chi connectivity index (χ2n) is 9.44. The van der Waals surface area contributed by atoms with Crippen LogP contribution in [0, 0.1) is 5.82 Å². The van der Waals surface area contributed by atoms with Gasteiger partial charge in [0.05, 0.1) is 5.56 Å². The summed E-state index contributed by atoms with van der Waals surface area (Å²) < 4.78 is 39.8. The minimum Gasteiger partial charge on any atom is -0.350 e. The van der Waals surface area contributed by atoms with Crippen LogP contribution in [0.25, 0.3) is 0 Å². The molecule has 3 amide bonds.